The molecule has 1 aromatic rings. The first-order chi connectivity index (χ1) is 7.33. The van der Waals surface area contributed by atoms with Crippen LogP contribution in [-0.2, 0) is 0 Å². The molecule has 1 amide bonds. The third kappa shape index (κ3) is 2.37. The predicted molar refractivity (Wildman–Crippen MR) is 58.6 cm³/mol. The molecule has 0 radical (unpaired) electrons. The van der Waals surface area contributed by atoms with Gasteiger partial charge in [0.15, 0.2) is 0 Å². The number of thiophene rings is 1. The van der Waals surface area contributed by atoms with Gasteiger partial charge in [0, 0.05) is 18.0 Å². The van der Waals surface area contributed by atoms with E-state index in [-0.39, 0.29) is 5.91 Å². The van der Waals surface area contributed by atoms with Crippen LogP contribution in [-0.4, -0.2) is 23.4 Å². The lowest BCUT2D eigenvalue weighted by Gasteiger charge is -2.20. The Labute approximate surface area is 92.9 Å². The summed E-state index contributed by atoms with van der Waals surface area (Å²) in [6.07, 6.45) is 2.59. The highest BCUT2D eigenvalue weighted by atomic mass is 32.1. The molecule has 0 unspecified atom stereocenters. The first-order valence-corrected chi connectivity index (χ1v) is 5.97. The molecule has 0 aromatic carbocycles. The zero-order valence-electron chi connectivity index (χ0n) is 8.35. The standard InChI is InChI=1S/C11H12N2OS/c12-5-1-6-13(10-2-3-10)11(14)9-4-7-15-8-9/h4,7-8,10H,1-3,6H2. The maximum atomic E-state index is 12.0. The van der Waals surface area contributed by atoms with Gasteiger partial charge in [-0.05, 0) is 24.3 Å². The highest BCUT2D eigenvalue weighted by Crippen LogP contribution is 2.28. The Morgan fingerprint density at radius 2 is 2.47 bits per heavy atom. The molecular weight excluding hydrogens is 208 g/mol. The van der Waals surface area contributed by atoms with Crippen molar-refractivity contribution in [3.8, 4) is 6.07 Å². The van der Waals surface area contributed by atoms with E-state index in [1.807, 2.05) is 21.7 Å². The molecule has 4 heteroatoms. The predicted octanol–water partition coefficient (Wildman–Crippen LogP) is 2.27. The van der Waals surface area contributed by atoms with Crippen molar-refractivity contribution in [2.45, 2.75) is 25.3 Å². The lowest BCUT2D eigenvalue weighted by Crippen LogP contribution is -2.33. The van der Waals surface area contributed by atoms with Gasteiger partial charge in [-0.3, -0.25) is 4.79 Å². The molecule has 15 heavy (non-hydrogen) atoms. The number of hydrogen-bond acceptors (Lipinski definition) is 3. The van der Waals surface area contributed by atoms with E-state index in [2.05, 4.69) is 6.07 Å². The Balaban J connectivity index is 2.04. The summed E-state index contributed by atoms with van der Waals surface area (Å²) in [6.45, 7) is 0.565. The van der Waals surface area contributed by atoms with Crippen molar-refractivity contribution >= 4 is 17.2 Å². The zero-order valence-corrected chi connectivity index (χ0v) is 9.17. The smallest absolute Gasteiger partial charge is 0.254 e. The van der Waals surface area contributed by atoms with Crippen LogP contribution in [0.4, 0.5) is 0 Å². The number of hydrogen-bond donors (Lipinski definition) is 0. The Morgan fingerprint density at radius 3 is 3.00 bits per heavy atom. The third-order valence-corrected chi connectivity index (χ3v) is 3.16. The minimum absolute atomic E-state index is 0.0778. The van der Waals surface area contributed by atoms with Crippen molar-refractivity contribution in [3.05, 3.63) is 22.4 Å². The van der Waals surface area contributed by atoms with Gasteiger partial charge in [-0.15, -0.1) is 0 Å². The fourth-order valence-corrected chi connectivity index (χ4v) is 2.19. The summed E-state index contributed by atoms with van der Waals surface area (Å²) in [7, 11) is 0. The number of nitrogens with zero attached hydrogens (tertiary/aromatic N) is 2. The minimum atomic E-state index is 0.0778. The van der Waals surface area contributed by atoms with E-state index >= 15 is 0 Å². The van der Waals surface area contributed by atoms with Gasteiger partial charge < -0.3 is 4.90 Å². The molecule has 3 nitrogen and oxygen atoms in total. The maximum absolute atomic E-state index is 12.0. The van der Waals surface area contributed by atoms with Crippen LogP contribution in [0.3, 0.4) is 0 Å². The SMILES string of the molecule is N#CCCN(C(=O)c1ccsc1)C1CC1. The van der Waals surface area contributed by atoms with Crippen LogP contribution in [0.25, 0.3) is 0 Å². The van der Waals surface area contributed by atoms with Gasteiger partial charge in [0.05, 0.1) is 18.1 Å². The number of carbonyl (C=O) groups is 1. The summed E-state index contributed by atoms with van der Waals surface area (Å²) < 4.78 is 0. The summed E-state index contributed by atoms with van der Waals surface area (Å²) in [4.78, 5) is 13.9. The minimum Gasteiger partial charge on any atom is -0.335 e. The van der Waals surface area contributed by atoms with E-state index in [9.17, 15) is 4.79 Å². The molecule has 1 fully saturated rings. The Hall–Kier alpha value is -1.34. The molecule has 78 valence electrons. The van der Waals surface area contributed by atoms with Crippen molar-refractivity contribution in [2.75, 3.05) is 6.54 Å². The van der Waals surface area contributed by atoms with E-state index < -0.39 is 0 Å². The first-order valence-electron chi connectivity index (χ1n) is 5.03. The second-order valence-electron chi connectivity index (χ2n) is 3.65. The topological polar surface area (TPSA) is 44.1 Å². The zero-order chi connectivity index (χ0) is 10.7. The summed E-state index contributed by atoms with van der Waals surface area (Å²) in [5.74, 6) is 0.0778. The molecule has 0 saturated heterocycles. The average Bonchev–Trinajstić information content (AvgIpc) is 2.94. The Bertz CT molecular complexity index is 376. The molecule has 1 aromatic heterocycles. The van der Waals surface area contributed by atoms with Crippen LogP contribution >= 0.6 is 11.3 Å². The molecule has 1 heterocycles. The van der Waals surface area contributed by atoms with Crippen molar-refractivity contribution in [2.24, 2.45) is 0 Å². The summed E-state index contributed by atoms with van der Waals surface area (Å²) in [6, 6.07) is 4.31. The largest absolute Gasteiger partial charge is 0.335 e. The number of carbonyl (C=O) groups excluding carboxylic acids is 1. The maximum Gasteiger partial charge on any atom is 0.254 e. The molecule has 0 aliphatic heterocycles. The van der Waals surface area contributed by atoms with Crippen molar-refractivity contribution in [1.29, 1.82) is 5.26 Å². The lowest BCUT2D eigenvalue weighted by molar-refractivity contribution is 0.0747. The van der Waals surface area contributed by atoms with Gasteiger partial charge in [0.25, 0.3) is 5.91 Å². The van der Waals surface area contributed by atoms with E-state index in [1.54, 1.807) is 0 Å². The highest BCUT2D eigenvalue weighted by molar-refractivity contribution is 7.08. The van der Waals surface area contributed by atoms with E-state index in [0.717, 1.165) is 18.4 Å². The van der Waals surface area contributed by atoms with Gasteiger partial charge >= 0.3 is 0 Å². The van der Waals surface area contributed by atoms with E-state index in [1.165, 1.54) is 11.3 Å². The van der Waals surface area contributed by atoms with Gasteiger partial charge in [-0.25, -0.2) is 0 Å². The number of nitriles is 1. The fraction of sp³-hybridized carbons (Fsp3) is 0.455. The summed E-state index contributed by atoms with van der Waals surface area (Å²) >= 11 is 1.53. The van der Waals surface area contributed by atoms with Gasteiger partial charge in [-0.1, -0.05) is 0 Å². The van der Waals surface area contributed by atoms with Crippen molar-refractivity contribution < 1.29 is 4.79 Å². The van der Waals surface area contributed by atoms with E-state index in [0.29, 0.717) is 19.0 Å². The Morgan fingerprint density at radius 1 is 1.67 bits per heavy atom. The normalized spacial score (nSPS) is 14.6. The van der Waals surface area contributed by atoms with Crippen LogP contribution in [0, 0.1) is 11.3 Å². The first kappa shape index (κ1) is 10.2. The second-order valence-corrected chi connectivity index (χ2v) is 4.43. The van der Waals surface area contributed by atoms with Crippen LogP contribution in [0.15, 0.2) is 16.8 Å². The second kappa shape index (κ2) is 4.45. The molecule has 1 aliphatic carbocycles. The molecule has 2 rings (SSSR count). The molecule has 0 N–H and O–H groups in total. The van der Waals surface area contributed by atoms with Gasteiger partial charge in [0.1, 0.15) is 0 Å². The van der Waals surface area contributed by atoms with Gasteiger partial charge in [-0.2, -0.15) is 16.6 Å². The molecular formula is C11H12N2OS. The monoisotopic (exact) mass is 220 g/mol. The third-order valence-electron chi connectivity index (χ3n) is 2.48. The number of amides is 1. The summed E-state index contributed by atoms with van der Waals surface area (Å²) in [5, 5.41) is 12.3. The van der Waals surface area contributed by atoms with Crippen LogP contribution in [0.1, 0.15) is 29.6 Å². The van der Waals surface area contributed by atoms with Crippen molar-refractivity contribution in [3.63, 3.8) is 0 Å². The number of rotatable bonds is 4. The molecule has 0 bridgehead atoms. The van der Waals surface area contributed by atoms with Crippen LogP contribution in [0.2, 0.25) is 0 Å². The average molecular weight is 220 g/mol. The fourth-order valence-electron chi connectivity index (χ4n) is 1.56. The lowest BCUT2D eigenvalue weighted by atomic mass is 10.2. The quantitative estimate of drug-likeness (QED) is 0.781. The van der Waals surface area contributed by atoms with E-state index in [4.69, 9.17) is 5.26 Å². The van der Waals surface area contributed by atoms with Gasteiger partial charge in [0.2, 0.25) is 0 Å². The molecule has 1 saturated carbocycles. The summed E-state index contributed by atoms with van der Waals surface area (Å²) in [5.41, 5.74) is 0.754. The Kier molecular flexibility index (Phi) is 3.02. The molecule has 0 spiro atoms. The molecule has 0 atom stereocenters. The molecule has 1 aliphatic rings. The van der Waals surface area contributed by atoms with Crippen LogP contribution in [0.5, 0.6) is 0 Å². The highest BCUT2D eigenvalue weighted by Gasteiger charge is 2.32. The van der Waals surface area contributed by atoms with Crippen molar-refractivity contribution in [1.82, 2.24) is 4.90 Å². The van der Waals surface area contributed by atoms with Crippen LogP contribution < -0.4 is 0 Å².